The Morgan fingerprint density at radius 1 is 1.35 bits per heavy atom. The number of benzene rings is 1. The van der Waals surface area contributed by atoms with E-state index in [2.05, 4.69) is 15.6 Å². The van der Waals surface area contributed by atoms with Gasteiger partial charge in [0.25, 0.3) is 0 Å². The number of aromatic nitrogens is 2. The predicted molar refractivity (Wildman–Crippen MR) is 82.0 cm³/mol. The molecule has 0 spiro atoms. The molecule has 0 unspecified atom stereocenters. The summed E-state index contributed by atoms with van der Waals surface area (Å²) in [6.45, 7) is 5.68. The van der Waals surface area contributed by atoms with Crippen LogP contribution in [0.1, 0.15) is 32.7 Å². The van der Waals surface area contributed by atoms with Gasteiger partial charge in [-0.3, -0.25) is 0 Å². The number of nitrogens with one attached hydrogen (secondary N) is 1. The van der Waals surface area contributed by atoms with Crippen LogP contribution in [0.5, 0.6) is 5.75 Å². The zero-order valence-electron chi connectivity index (χ0n) is 11.9. The number of hydrogen-bond acceptors (Lipinski definition) is 3. The van der Waals surface area contributed by atoms with Crippen molar-refractivity contribution >= 4 is 23.3 Å². The lowest BCUT2D eigenvalue weighted by Gasteiger charge is -2.24. The zero-order valence-corrected chi connectivity index (χ0v) is 12.7. The molecule has 0 amide bonds. The minimum atomic E-state index is 0.147. The quantitative estimate of drug-likeness (QED) is 0.874. The molecule has 108 valence electrons. The van der Waals surface area contributed by atoms with Gasteiger partial charge in [0, 0.05) is 19.3 Å². The third-order valence-corrected chi connectivity index (χ3v) is 3.93. The Kier molecular flexibility index (Phi) is 3.81. The van der Waals surface area contributed by atoms with Gasteiger partial charge in [-0.2, -0.15) is 0 Å². The normalized spacial score (nSPS) is 16.9. The van der Waals surface area contributed by atoms with Crippen molar-refractivity contribution in [2.45, 2.75) is 38.8 Å². The molecule has 1 aliphatic rings. The minimum absolute atomic E-state index is 0.147. The maximum absolute atomic E-state index is 5.87. The van der Waals surface area contributed by atoms with Gasteiger partial charge in [-0.1, -0.05) is 6.07 Å². The molecule has 5 heteroatoms. The van der Waals surface area contributed by atoms with Gasteiger partial charge in [0.05, 0.1) is 11.6 Å². The second kappa shape index (κ2) is 5.58. The molecule has 1 aliphatic heterocycles. The summed E-state index contributed by atoms with van der Waals surface area (Å²) < 4.78 is 14.3. The molecular formula is C15H20N2O2S. The van der Waals surface area contributed by atoms with Gasteiger partial charge in [-0.25, -0.2) is 0 Å². The van der Waals surface area contributed by atoms with Crippen molar-refractivity contribution in [1.29, 1.82) is 0 Å². The van der Waals surface area contributed by atoms with E-state index in [0.717, 1.165) is 47.6 Å². The van der Waals surface area contributed by atoms with Crippen LogP contribution in [0.4, 0.5) is 0 Å². The van der Waals surface area contributed by atoms with Crippen LogP contribution in [0.15, 0.2) is 18.2 Å². The fraction of sp³-hybridized carbons (Fsp3) is 0.533. The van der Waals surface area contributed by atoms with Gasteiger partial charge in [0.2, 0.25) is 0 Å². The highest BCUT2D eigenvalue weighted by molar-refractivity contribution is 7.71. The summed E-state index contributed by atoms with van der Waals surface area (Å²) in [5.41, 5.74) is 2.12. The van der Waals surface area contributed by atoms with Crippen LogP contribution in [-0.2, 0) is 4.74 Å². The third kappa shape index (κ3) is 2.47. The first kappa shape index (κ1) is 13.6. The lowest BCUT2D eigenvalue weighted by molar-refractivity contribution is 0.0702. The van der Waals surface area contributed by atoms with Gasteiger partial charge in [-0.05, 0) is 51.0 Å². The molecule has 0 saturated carbocycles. The van der Waals surface area contributed by atoms with Crippen LogP contribution in [0.2, 0.25) is 0 Å². The van der Waals surface area contributed by atoms with Crippen LogP contribution in [-0.4, -0.2) is 28.9 Å². The summed E-state index contributed by atoms with van der Waals surface area (Å²) in [6.07, 6.45) is 2.17. The second-order valence-electron chi connectivity index (χ2n) is 5.46. The highest BCUT2D eigenvalue weighted by atomic mass is 32.1. The standard InChI is InChI=1S/C15H20N2O2S/c1-10(2)19-13-5-3-4-12-14(13)16-15(20)17(12)11-6-8-18-9-7-11/h3-5,10-11H,6-9H2,1-2H3,(H,16,20). The van der Waals surface area contributed by atoms with Crippen molar-refractivity contribution in [2.24, 2.45) is 0 Å². The van der Waals surface area contributed by atoms with Gasteiger partial charge in [-0.15, -0.1) is 0 Å². The topological polar surface area (TPSA) is 39.2 Å². The lowest BCUT2D eigenvalue weighted by Crippen LogP contribution is -2.19. The first-order valence-corrected chi connectivity index (χ1v) is 7.55. The molecule has 0 atom stereocenters. The van der Waals surface area contributed by atoms with Crippen molar-refractivity contribution in [3.8, 4) is 5.75 Å². The lowest BCUT2D eigenvalue weighted by atomic mass is 10.1. The zero-order chi connectivity index (χ0) is 14.1. The van der Waals surface area contributed by atoms with E-state index in [0.29, 0.717) is 6.04 Å². The number of hydrogen-bond donors (Lipinski definition) is 1. The third-order valence-electron chi connectivity index (χ3n) is 3.63. The molecule has 2 heterocycles. The Morgan fingerprint density at radius 3 is 2.80 bits per heavy atom. The predicted octanol–water partition coefficient (Wildman–Crippen LogP) is 3.84. The number of rotatable bonds is 3. The summed E-state index contributed by atoms with van der Waals surface area (Å²) in [4.78, 5) is 3.31. The highest BCUT2D eigenvalue weighted by Gasteiger charge is 2.20. The molecule has 0 radical (unpaired) electrons. The number of para-hydroxylation sites is 1. The van der Waals surface area contributed by atoms with Crippen LogP contribution < -0.4 is 4.74 Å². The molecule has 20 heavy (non-hydrogen) atoms. The van der Waals surface area contributed by atoms with E-state index in [4.69, 9.17) is 21.7 Å². The number of ether oxygens (including phenoxy) is 2. The fourth-order valence-corrected chi connectivity index (χ4v) is 3.13. The summed E-state index contributed by atoms with van der Waals surface area (Å²) in [7, 11) is 0. The van der Waals surface area contributed by atoms with Crippen LogP contribution in [0.3, 0.4) is 0 Å². The monoisotopic (exact) mass is 292 g/mol. The molecule has 1 N–H and O–H groups in total. The molecule has 3 rings (SSSR count). The van der Waals surface area contributed by atoms with Crippen LogP contribution in [0, 0.1) is 4.77 Å². The molecule has 2 aromatic rings. The molecule has 1 fully saturated rings. The molecule has 4 nitrogen and oxygen atoms in total. The van der Waals surface area contributed by atoms with Crippen molar-refractivity contribution in [2.75, 3.05) is 13.2 Å². The van der Waals surface area contributed by atoms with Crippen molar-refractivity contribution in [3.63, 3.8) is 0 Å². The maximum atomic E-state index is 5.87. The first-order valence-electron chi connectivity index (χ1n) is 7.14. The van der Waals surface area contributed by atoms with Crippen LogP contribution >= 0.6 is 12.2 Å². The van der Waals surface area contributed by atoms with Gasteiger partial charge in [0.15, 0.2) is 4.77 Å². The van der Waals surface area contributed by atoms with Crippen molar-refractivity contribution in [1.82, 2.24) is 9.55 Å². The first-order chi connectivity index (χ1) is 9.66. The van der Waals surface area contributed by atoms with E-state index in [9.17, 15) is 0 Å². The van der Waals surface area contributed by atoms with Crippen molar-refractivity contribution in [3.05, 3.63) is 23.0 Å². The molecule has 1 saturated heterocycles. The Morgan fingerprint density at radius 2 is 2.10 bits per heavy atom. The number of imidazole rings is 1. The van der Waals surface area contributed by atoms with E-state index in [1.807, 2.05) is 26.0 Å². The largest absolute Gasteiger partial charge is 0.489 e. The Hall–Kier alpha value is -1.33. The Labute approximate surface area is 123 Å². The molecule has 0 bridgehead atoms. The van der Waals surface area contributed by atoms with E-state index < -0.39 is 0 Å². The average molecular weight is 292 g/mol. The van der Waals surface area contributed by atoms with Crippen molar-refractivity contribution < 1.29 is 9.47 Å². The van der Waals surface area contributed by atoms with Gasteiger partial charge < -0.3 is 19.0 Å². The van der Waals surface area contributed by atoms with E-state index in [-0.39, 0.29) is 6.10 Å². The van der Waals surface area contributed by atoms with Gasteiger partial charge in [0.1, 0.15) is 11.3 Å². The van der Waals surface area contributed by atoms with E-state index in [1.54, 1.807) is 0 Å². The molecule has 0 aliphatic carbocycles. The number of nitrogens with zero attached hydrogens (tertiary/aromatic N) is 1. The minimum Gasteiger partial charge on any atom is -0.489 e. The summed E-state index contributed by atoms with van der Waals surface area (Å²) in [5.74, 6) is 0.870. The Bertz CT molecular complexity index is 653. The fourth-order valence-electron chi connectivity index (χ4n) is 2.78. The maximum Gasteiger partial charge on any atom is 0.178 e. The van der Waals surface area contributed by atoms with Gasteiger partial charge >= 0.3 is 0 Å². The highest BCUT2D eigenvalue weighted by Crippen LogP contribution is 2.31. The molecule has 1 aromatic carbocycles. The summed E-state index contributed by atoms with van der Waals surface area (Å²) in [5, 5.41) is 0. The second-order valence-corrected chi connectivity index (χ2v) is 5.85. The number of H-pyrrole nitrogens is 1. The van der Waals surface area contributed by atoms with Crippen LogP contribution in [0.25, 0.3) is 11.0 Å². The molecular weight excluding hydrogens is 272 g/mol. The summed E-state index contributed by atoms with van der Waals surface area (Å²) >= 11 is 5.52. The number of fused-ring (bicyclic) bond motifs is 1. The summed E-state index contributed by atoms with van der Waals surface area (Å²) in [6, 6.07) is 6.53. The Balaban J connectivity index is 2.09. The molecule has 1 aromatic heterocycles. The van der Waals surface area contributed by atoms with E-state index >= 15 is 0 Å². The average Bonchev–Trinajstić information content (AvgIpc) is 2.76. The number of aromatic amines is 1. The SMILES string of the molecule is CC(C)Oc1cccc2c1[nH]c(=S)n2C1CCOCC1. The smallest absolute Gasteiger partial charge is 0.178 e. The van der Waals surface area contributed by atoms with E-state index in [1.165, 1.54) is 0 Å².